The first-order valence-electron chi connectivity index (χ1n) is 7.58. The maximum absolute atomic E-state index is 12.4. The van der Waals surface area contributed by atoms with Gasteiger partial charge in [-0.2, -0.15) is 4.72 Å². The number of amides is 1. The molecule has 0 spiro atoms. The van der Waals surface area contributed by atoms with Crippen molar-refractivity contribution in [3.63, 3.8) is 0 Å². The molecule has 0 aliphatic rings. The van der Waals surface area contributed by atoms with Crippen molar-refractivity contribution in [1.82, 2.24) is 9.88 Å². The van der Waals surface area contributed by atoms with E-state index in [0.29, 0.717) is 0 Å². The Kier molecular flexibility index (Phi) is 5.61. The van der Waals surface area contributed by atoms with Crippen molar-refractivity contribution in [3.05, 3.63) is 42.2 Å². The summed E-state index contributed by atoms with van der Waals surface area (Å²) >= 11 is 0. The Labute approximate surface area is 146 Å². The molecule has 0 radical (unpaired) electrons. The Morgan fingerprint density at radius 3 is 2.36 bits per heavy atom. The molecule has 1 amide bonds. The quantitative estimate of drug-likeness (QED) is 0.706. The molecule has 0 saturated carbocycles. The number of nitrogens with one attached hydrogen (secondary N) is 2. The standard InChI is InChI=1S/C16H21N3O5S/c1-16(2,3)11-4-6-12(7-5-11)25(22,23)19-13(10-20)15(21)17-14-8-9-24-18-14/h4-9,13,19-20H,10H2,1-3H3,(H,17,18,21)/t13-/m0/s1. The molecule has 25 heavy (non-hydrogen) atoms. The van der Waals surface area contributed by atoms with Gasteiger partial charge in [-0.05, 0) is 23.1 Å². The molecular formula is C16H21N3O5S. The SMILES string of the molecule is CC(C)(C)c1ccc(S(=O)(=O)N[C@@H](CO)C(=O)Nc2ccon2)cc1. The first-order chi connectivity index (χ1) is 11.6. The van der Waals surface area contributed by atoms with Crippen molar-refractivity contribution in [2.75, 3.05) is 11.9 Å². The molecule has 9 heteroatoms. The zero-order valence-corrected chi connectivity index (χ0v) is 15.0. The Bertz CT molecular complexity index is 808. The molecule has 1 aromatic carbocycles. The number of benzene rings is 1. The summed E-state index contributed by atoms with van der Waals surface area (Å²) in [6, 6.07) is 6.41. The highest BCUT2D eigenvalue weighted by Crippen LogP contribution is 2.23. The summed E-state index contributed by atoms with van der Waals surface area (Å²) < 4.78 is 31.6. The first kappa shape index (κ1) is 19.1. The topological polar surface area (TPSA) is 122 Å². The second-order valence-corrected chi connectivity index (χ2v) is 8.22. The van der Waals surface area contributed by atoms with E-state index in [0.717, 1.165) is 5.56 Å². The third kappa shape index (κ3) is 4.88. The van der Waals surface area contributed by atoms with E-state index in [-0.39, 0.29) is 16.1 Å². The summed E-state index contributed by atoms with van der Waals surface area (Å²) in [4.78, 5) is 12.1. The molecule has 1 aromatic heterocycles. The maximum Gasteiger partial charge on any atom is 0.246 e. The van der Waals surface area contributed by atoms with Crippen molar-refractivity contribution in [2.24, 2.45) is 0 Å². The average Bonchev–Trinajstić information content (AvgIpc) is 3.04. The summed E-state index contributed by atoms with van der Waals surface area (Å²) in [7, 11) is -3.97. The number of carbonyl (C=O) groups is 1. The zero-order chi connectivity index (χ0) is 18.7. The monoisotopic (exact) mass is 367 g/mol. The minimum Gasteiger partial charge on any atom is -0.394 e. The van der Waals surface area contributed by atoms with E-state index in [9.17, 15) is 18.3 Å². The van der Waals surface area contributed by atoms with E-state index in [4.69, 9.17) is 0 Å². The largest absolute Gasteiger partial charge is 0.394 e. The second-order valence-electron chi connectivity index (χ2n) is 6.50. The molecule has 2 aromatic rings. The number of rotatable bonds is 6. The molecule has 0 unspecified atom stereocenters. The summed E-state index contributed by atoms with van der Waals surface area (Å²) in [6.07, 6.45) is 1.25. The molecule has 3 N–H and O–H groups in total. The third-order valence-electron chi connectivity index (χ3n) is 3.52. The van der Waals surface area contributed by atoms with Crippen LogP contribution in [0, 0.1) is 0 Å². The van der Waals surface area contributed by atoms with Gasteiger partial charge in [0.25, 0.3) is 0 Å². The van der Waals surface area contributed by atoms with Crippen LogP contribution in [-0.2, 0) is 20.2 Å². The van der Waals surface area contributed by atoms with E-state index < -0.39 is 28.6 Å². The minimum absolute atomic E-state index is 0.00758. The molecule has 0 aliphatic heterocycles. The number of sulfonamides is 1. The van der Waals surface area contributed by atoms with Crippen molar-refractivity contribution in [2.45, 2.75) is 37.1 Å². The minimum atomic E-state index is -3.97. The lowest BCUT2D eigenvalue weighted by molar-refractivity contribution is -0.118. The molecule has 136 valence electrons. The van der Waals surface area contributed by atoms with Crippen LogP contribution in [0.3, 0.4) is 0 Å². The van der Waals surface area contributed by atoms with E-state index in [2.05, 4.69) is 19.7 Å². The molecule has 2 rings (SSSR count). The van der Waals surface area contributed by atoms with Crippen LogP contribution in [0.15, 0.2) is 46.0 Å². The Morgan fingerprint density at radius 1 is 1.24 bits per heavy atom. The van der Waals surface area contributed by atoms with E-state index in [1.54, 1.807) is 12.1 Å². The van der Waals surface area contributed by atoms with Gasteiger partial charge in [0.1, 0.15) is 12.3 Å². The fourth-order valence-corrected chi connectivity index (χ4v) is 3.24. The lowest BCUT2D eigenvalue weighted by atomic mass is 9.87. The van der Waals surface area contributed by atoms with Gasteiger partial charge in [-0.25, -0.2) is 8.42 Å². The average molecular weight is 367 g/mol. The number of aromatic nitrogens is 1. The van der Waals surface area contributed by atoms with Gasteiger partial charge in [-0.15, -0.1) is 0 Å². The summed E-state index contributed by atoms with van der Waals surface area (Å²) in [5, 5.41) is 15.2. The number of hydrogen-bond acceptors (Lipinski definition) is 6. The number of anilines is 1. The number of nitrogens with zero attached hydrogens (tertiary/aromatic N) is 1. The van der Waals surface area contributed by atoms with Gasteiger partial charge in [0.2, 0.25) is 15.9 Å². The molecule has 0 fully saturated rings. The van der Waals surface area contributed by atoms with Crippen LogP contribution in [0.5, 0.6) is 0 Å². The third-order valence-corrected chi connectivity index (χ3v) is 5.00. The van der Waals surface area contributed by atoms with Gasteiger partial charge in [0, 0.05) is 6.07 Å². The van der Waals surface area contributed by atoms with E-state index in [1.165, 1.54) is 24.5 Å². The number of hydrogen-bond donors (Lipinski definition) is 3. The van der Waals surface area contributed by atoms with Crippen molar-refractivity contribution in [3.8, 4) is 0 Å². The van der Waals surface area contributed by atoms with Crippen LogP contribution in [0.2, 0.25) is 0 Å². The fourth-order valence-electron chi connectivity index (χ4n) is 2.05. The second kappa shape index (κ2) is 7.34. The van der Waals surface area contributed by atoms with Gasteiger partial charge in [-0.1, -0.05) is 38.1 Å². The molecule has 1 atom stereocenters. The normalized spacial score (nSPS) is 13.4. The molecule has 0 aliphatic carbocycles. The van der Waals surface area contributed by atoms with Crippen LogP contribution >= 0.6 is 0 Å². The van der Waals surface area contributed by atoms with Gasteiger partial charge >= 0.3 is 0 Å². The van der Waals surface area contributed by atoms with Crippen molar-refractivity contribution >= 4 is 21.7 Å². The lowest BCUT2D eigenvalue weighted by Crippen LogP contribution is -2.46. The van der Waals surface area contributed by atoms with Crippen LogP contribution in [0.1, 0.15) is 26.3 Å². The van der Waals surface area contributed by atoms with Gasteiger partial charge in [0.05, 0.1) is 11.5 Å². The summed E-state index contributed by atoms with van der Waals surface area (Å²) in [6.45, 7) is 5.35. The van der Waals surface area contributed by atoms with Crippen LogP contribution in [0.25, 0.3) is 0 Å². The smallest absolute Gasteiger partial charge is 0.246 e. The molecule has 0 bridgehead atoms. The summed E-state index contributed by atoms with van der Waals surface area (Å²) in [5.41, 5.74) is 0.870. The van der Waals surface area contributed by atoms with Crippen LogP contribution < -0.4 is 10.0 Å². The van der Waals surface area contributed by atoms with E-state index in [1.807, 2.05) is 20.8 Å². The molecule has 0 saturated heterocycles. The highest BCUT2D eigenvalue weighted by atomic mass is 32.2. The highest BCUT2D eigenvalue weighted by Gasteiger charge is 2.26. The predicted molar refractivity (Wildman–Crippen MR) is 91.5 cm³/mol. The van der Waals surface area contributed by atoms with Crippen LogP contribution in [-0.4, -0.2) is 37.2 Å². The summed E-state index contributed by atoms with van der Waals surface area (Å²) in [5.74, 6) is -0.622. The van der Waals surface area contributed by atoms with E-state index >= 15 is 0 Å². The molecule has 8 nitrogen and oxygen atoms in total. The molecular weight excluding hydrogens is 346 g/mol. The van der Waals surface area contributed by atoms with Crippen LogP contribution in [0.4, 0.5) is 5.82 Å². The lowest BCUT2D eigenvalue weighted by Gasteiger charge is -2.20. The number of carbonyl (C=O) groups excluding carboxylic acids is 1. The predicted octanol–water partition coefficient (Wildman–Crippen LogP) is 1.25. The van der Waals surface area contributed by atoms with Gasteiger partial charge < -0.3 is 14.9 Å². The zero-order valence-electron chi connectivity index (χ0n) is 14.2. The fraction of sp³-hybridized carbons (Fsp3) is 0.375. The van der Waals surface area contributed by atoms with Crippen molar-refractivity contribution < 1.29 is 22.8 Å². The van der Waals surface area contributed by atoms with Gasteiger partial charge in [-0.3, -0.25) is 4.79 Å². The highest BCUT2D eigenvalue weighted by molar-refractivity contribution is 7.89. The Morgan fingerprint density at radius 2 is 1.88 bits per heavy atom. The first-order valence-corrected chi connectivity index (χ1v) is 9.07. The van der Waals surface area contributed by atoms with Gasteiger partial charge in [0.15, 0.2) is 5.82 Å². The Balaban J connectivity index is 2.14. The Hall–Kier alpha value is -2.23. The molecule has 1 heterocycles. The maximum atomic E-state index is 12.4. The number of aliphatic hydroxyl groups is 1. The van der Waals surface area contributed by atoms with Crippen molar-refractivity contribution in [1.29, 1.82) is 0 Å². The number of aliphatic hydroxyl groups excluding tert-OH is 1.